The Bertz CT molecular complexity index is 581. The maximum Gasteiger partial charge on any atom is 0.306 e. The Balaban J connectivity index is 1.91. The third kappa shape index (κ3) is 4.71. The lowest BCUT2D eigenvalue weighted by atomic mass is 9.93. The number of benzene rings is 2. The van der Waals surface area contributed by atoms with Gasteiger partial charge >= 0.3 is 5.97 Å². The summed E-state index contributed by atoms with van der Waals surface area (Å²) in [4.78, 5) is 11.3. The van der Waals surface area contributed by atoms with Gasteiger partial charge in [0, 0.05) is 0 Å². The molecule has 1 unspecified atom stereocenters. The molecule has 2 nitrogen and oxygen atoms in total. The molecule has 0 radical (unpaired) electrons. The van der Waals surface area contributed by atoms with Crippen molar-refractivity contribution in [1.29, 1.82) is 0 Å². The van der Waals surface area contributed by atoms with E-state index in [0.29, 0.717) is 12.0 Å². The van der Waals surface area contributed by atoms with Crippen molar-refractivity contribution in [3.8, 4) is 0 Å². The number of carboxylic acids is 1. The Kier molecular flexibility index (Phi) is 5.50. The van der Waals surface area contributed by atoms with Gasteiger partial charge in [-0.1, -0.05) is 48.5 Å². The van der Waals surface area contributed by atoms with Gasteiger partial charge in [0.15, 0.2) is 0 Å². The lowest BCUT2D eigenvalue weighted by molar-refractivity contribution is -0.142. The summed E-state index contributed by atoms with van der Waals surface area (Å²) < 4.78 is 13.6. The second-order valence-electron chi connectivity index (χ2n) is 5.21. The normalized spacial score (nSPS) is 12.0. The molecule has 0 amide bonds. The number of halogens is 1. The van der Waals surface area contributed by atoms with Gasteiger partial charge in [-0.05, 0) is 42.9 Å². The van der Waals surface area contributed by atoms with Crippen LogP contribution in [0.3, 0.4) is 0 Å². The van der Waals surface area contributed by atoms with Gasteiger partial charge in [-0.15, -0.1) is 0 Å². The van der Waals surface area contributed by atoms with Crippen LogP contribution in [0.2, 0.25) is 0 Å². The zero-order chi connectivity index (χ0) is 15.1. The predicted octanol–water partition coefficient (Wildman–Crippen LogP) is 4.09. The fraction of sp³-hybridized carbons (Fsp3) is 0.278. The van der Waals surface area contributed by atoms with E-state index in [1.54, 1.807) is 18.2 Å². The van der Waals surface area contributed by atoms with Crippen LogP contribution in [0.25, 0.3) is 0 Å². The molecule has 21 heavy (non-hydrogen) atoms. The third-order valence-corrected chi connectivity index (χ3v) is 3.63. The summed E-state index contributed by atoms with van der Waals surface area (Å²) >= 11 is 0. The summed E-state index contributed by atoms with van der Waals surface area (Å²) in [5.74, 6) is -1.72. The zero-order valence-electron chi connectivity index (χ0n) is 11.8. The molecule has 2 rings (SSSR count). The Hall–Kier alpha value is -2.16. The largest absolute Gasteiger partial charge is 0.481 e. The minimum atomic E-state index is -0.855. The van der Waals surface area contributed by atoms with Crippen LogP contribution in [0.15, 0.2) is 54.6 Å². The van der Waals surface area contributed by atoms with E-state index in [1.807, 2.05) is 30.3 Å². The second-order valence-corrected chi connectivity index (χ2v) is 5.21. The summed E-state index contributed by atoms with van der Waals surface area (Å²) in [5.41, 5.74) is 1.68. The maximum absolute atomic E-state index is 13.6. The van der Waals surface area contributed by atoms with E-state index in [1.165, 1.54) is 11.6 Å². The van der Waals surface area contributed by atoms with Gasteiger partial charge in [-0.2, -0.15) is 0 Å². The average Bonchev–Trinajstić information content (AvgIpc) is 2.49. The SMILES string of the molecule is O=C(O)C(CCCc1ccccc1)Cc1ccccc1F. The van der Waals surface area contributed by atoms with E-state index in [0.717, 1.165) is 12.8 Å². The number of rotatable bonds is 7. The van der Waals surface area contributed by atoms with E-state index >= 15 is 0 Å². The van der Waals surface area contributed by atoms with E-state index in [4.69, 9.17) is 0 Å². The van der Waals surface area contributed by atoms with Crippen molar-refractivity contribution in [2.45, 2.75) is 25.7 Å². The minimum Gasteiger partial charge on any atom is -0.481 e. The number of hydrogen-bond donors (Lipinski definition) is 1. The van der Waals surface area contributed by atoms with Gasteiger partial charge < -0.3 is 5.11 Å². The molecule has 0 aliphatic rings. The summed E-state index contributed by atoms with van der Waals surface area (Å²) in [7, 11) is 0. The molecule has 0 saturated heterocycles. The number of carboxylic acid groups (broad SMARTS) is 1. The first-order valence-corrected chi connectivity index (χ1v) is 7.17. The Morgan fingerprint density at radius 2 is 1.71 bits per heavy atom. The fourth-order valence-corrected chi connectivity index (χ4v) is 2.44. The van der Waals surface area contributed by atoms with E-state index in [-0.39, 0.29) is 12.2 Å². The number of aliphatic carboxylic acids is 1. The zero-order valence-corrected chi connectivity index (χ0v) is 11.8. The lowest BCUT2D eigenvalue weighted by Gasteiger charge is -2.13. The van der Waals surface area contributed by atoms with Crippen molar-refractivity contribution in [1.82, 2.24) is 0 Å². The van der Waals surface area contributed by atoms with Crippen LogP contribution in [0.1, 0.15) is 24.0 Å². The quantitative estimate of drug-likeness (QED) is 0.832. The summed E-state index contributed by atoms with van der Waals surface area (Å²) in [6.45, 7) is 0. The molecule has 3 heteroatoms. The van der Waals surface area contributed by atoms with Crippen LogP contribution in [0, 0.1) is 11.7 Å². The highest BCUT2D eigenvalue weighted by Gasteiger charge is 2.19. The molecule has 0 fully saturated rings. The molecule has 0 aliphatic heterocycles. The Morgan fingerprint density at radius 3 is 2.38 bits per heavy atom. The molecule has 0 spiro atoms. The highest BCUT2D eigenvalue weighted by Crippen LogP contribution is 2.18. The first-order chi connectivity index (χ1) is 10.2. The van der Waals surface area contributed by atoms with E-state index in [9.17, 15) is 14.3 Å². The second kappa shape index (κ2) is 7.58. The summed E-state index contributed by atoms with van der Waals surface area (Å²) in [6, 6.07) is 16.4. The van der Waals surface area contributed by atoms with Gasteiger partial charge in [0.05, 0.1) is 5.92 Å². The van der Waals surface area contributed by atoms with Crippen molar-refractivity contribution >= 4 is 5.97 Å². The highest BCUT2D eigenvalue weighted by atomic mass is 19.1. The van der Waals surface area contributed by atoms with Crippen LogP contribution in [0.5, 0.6) is 0 Å². The Labute approximate surface area is 124 Å². The first kappa shape index (κ1) is 15.2. The molecule has 2 aromatic carbocycles. The van der Waals surface area contributed by atoms with Gasteiger partial charge in [0.1, 0.15) is 5.82 Å². The molecule has 0 bridgehead atoms. The lowest BCUT2D eigenvalue weighted by Crippen LogP contribution is -2.17. The van der Waals surface area contributed by atoms with Crippen molar-refractivity contribution < 1.29 is 14.3 Å². The van der Waals surface area contributed by atoms with Crippen molar-refractivity contribution in [2.24, 2.45) is 5.92 Å². The molecule has 0 saturated carbocycles. The molecule has 0 aromatic heterocycles. The van der Waals surface area contributed by atoms with Crippen LogP contribution < -0.4 is 0 Å². The van der Waals surface area contributed by atoms with Gasteiger partial charge in [-0.25, -0.2) is 4.39 Å². The Morgan fingerprint density at radius 1 is 1.05 bits per heavy atom. The number of carbonyl (C=O) groups is 1. The average molecular weight is 286 g/mol. The van der Waals surface area contributed by atoms with E-state index < -0.39 is 11.9 Å². The molecular weight excluding hydrogens is 267 g/mol. The fourth-order valence-electron chi connectivity index (χ4n) is 2.44. The van der Waals surface area contributed by atoms with Crippen LogP contribution in [-0.2, 0) is 17.6 Å². The third-order valence-electron chi connectivity index (χ3n) is 3.63. The molecule has 110 valence electrons. The van der Waals surface area contributed by atoms with Crippen LogP contribution >= 0.6 is 0 Å². The van der Waals surface area contributed by atoms with Gasteiger partial charge in [0.2, 0.25) is 0 Å². The smallest absolute Gasteiger partial charge is 0.306 e. The van der Waals surface area contributed by atoms with E-state index in [2.05, 4.69) is 0 Å². The van der Waals surface area contributed by atoms with Crippen molar-refractivity contribution in [2.75, 3.05) is 0 Å². The topological polar surface area (TPSA) is 37.3 Å². The van der Waals surface area contributed by atoms with Gasteiger partial charge in [0.25, 0.3) is 0 Å². The minimum absolute atomic E-state index is 0.247. The number of aryl methyl sites for hydroxylation is 1. The number of hydrogen-bond acceptors (Lipinski definition) is 1. The molecule has 1 N–H and O–H groups in total. The van der Waals surface area contributed by atoms with Crippen molar-refractivity contribution in [3.05, 3.63) is 71.5 Å². The monoisotopic (exact) mass is 286 g/mol. The molecular formula is C18H19FO2. The highest BCUT2D eigenvalue weighted by molar-refractivity contribution is 5.70. The molecule has 0 aliphatic carbocycles. The van der Waals surface area contributed by atoms with Crippen LogP contribution in [0.4, 0.5) is 4.39 Å². The predicted molar refractivity (Wildman–Crippen MR) is 80.6 cm³/mol. The van der Waals surface area contributed by atoms with Crippen molar-refractivity contribution in [3.63, 3.8) is 0 Å². The molecule has 1 atom stereocenters. The molecule has 0 heterocycles. The van der Waals surface area contributed by atoms with Crippen LogP contribution in [-0.4, -0.2) is 11.1 Å². The van der Waals surface area contributed by atoms with Gasteiger partial charge in [-0.3, -0.25) is 4.79 Å². The molecule has 2 aromatic rings. The summed E-state index contributed by atoms with van der Waals surface area (Å²) in [6.07, 6.45) is 2.44. The first-order valence-electron chi connectivity index (χ1n) is 7.17. The maximum atomic E-state index is 13.6. The standard InChI is InChI=1S/C18H19FO2/c19-17-12-5-4-10-15(17)13-16(18(20)21)11-6-9-14-7-2-1-3-8-14/h1-5,7-8,10,12,16H,6,9,11,13H2,(H,20,21). The summed E-state index contributed by atoms with van der Waals surface area (Å²) in [5, 5.41) is 9.30.